The van der Waals surface area contributed by atoms with Crippen LogP contribution in [0.2, 0.25) is 0 Å². The molecular weight excluding hydrogens is 327 g/mol. The Balaban J connectivity index is 1.57. The summed E-state index contributed by atoms with van der Waals surface area (Å²) in [7, 11) is 0. The van der Waals surface area contributed by atoms with E-state index >= 15 is 0 Å². The number of nitrogens with one attached hydrogen (secondary N) is 1. The van der Waals surface area contributed by atoms with Gasteiger partial charge in [0.2, 0.25) is 0 Å². The first-order valence-corrected chi connectivity index (χ1v) is 8.02. The minimum absolute atomic E-state index is 0.273. The van der Waals surface area contributed by atoms with Crippen molar-refractivity contribution in [1.29, 1.82) is 0 Å². The largest absolute Gasteiger partial charge is 0.427 e. The second kappa shape index (κ2) is 6.76. The van der Waals surface area contributed by atoms with Crippen LogP contribution < -0.4 is 10.2 Å². The Morgan fingerprint density at radius 2 is 1.87 bits per heavy atom. The number of alkyl halides is 3. The summed E-state index contributed by atoms with van der Waals surface area (Å²) in [6.07, 6.45) is -3.48. The zero-order chi connectivity index (χ0) is 16.3. The van der Waals surface area contributed by atoms with Gasteiger partial charge in [-0.1, -0.05) is 23.5 Å². The molecule has 1 N–H and O–H groups in total. The molecule has 3 rings (SSSR count). The smallest absolute Gasteiger partial charge is 0.378 e. The molecule has 1 saturated heterocycles. The highest BCUT2D eigenvalue weighted by atomic mass is 32.1. The second-order valence-electron chi connectivity index (χ2n) is 5.15. The van der Waals surface area contributed by atoms with Gasteiger partial charge in [0.1, 0.15) is 4.88 Å². The fourth-order valence-electron chi connectivity index (χ4n) is 2.31. The number of rotatable bonds is 4. The van der Waals surface area contributed by atoms with Crippen molar-refractivity contribution in [3.05, 3.63) is 40.9 Å². The van der Waals surface area contributed by atoms with Gasteiger partial charge in [-0.25, -0.2) is 4.98 Å². The van der Waals surface area contributed by atoms with E-state index in [4.69, 9.17) is 4.74 Å². The van der Waals surface area contributed by atoms with E-state index < -0.39 is 11.1 Å². The van der Waals surface area contributed by atoms with Crippen LogP contribution in [0, 0.1) is 0 Å². The van der Waals surface area contributed by atoms with Gasteiger partial charge in [-0.05, 0) is 17.7 Å². The Morgan fingerprint density at radius 1 is 1.17 bits per heavy atom. The van der Waals surface area contributed by atoms with Gasteiger partial charge in [0.05, 0.1) is 19.4 Å². The van der Waals surface area contributed by atoms with E-state index in [0.29, 0.717) is 17.9 Å². The molecule has 0 aliphatic carbocycles. The summed E-state index contributed by atoms with van der Waals surface area (Å²) in [6.45, 7) is 3.64. The van der Waals surface area contributed by atoms with E-state index in [0.717, 1.165) is 43.8 Å². The van der Waals surface area contributed by atoms with Gasteiger partial charge in [0.25, 0.3) is 0 Å². The first-order chi connectivity index (χ1) is 11.0. The number of hydrogen-bond acceptors (Lipinski definition) is 5. The molecule has 8 heteroatoms. The molecule has 1 aliphatic heterocycles. The highest BCUT2D eigenvalue weighted by Crippen LogP contribution is 2.35. The molecule has 0 bridgehead atoms. The summed E-state index contributed by atoms with van der Waals surface area (Å²) in [5.74, 6) is 0. The number of hydrogen-bond donors (Lipinski definition) is 1. The highest BCUT2D eigenvalue weighted by molar-refractivity contribution is 7.15. The number of thiazole rings is 1. The molecule has 0 unspecified atom stereocenters. The summed E-state index contributed by atoms with van der Waals surface area (Å²) in [6, 6.07) is 7.97. The van der Waals surface area contributed by atoms with Crippen LogP contribution in [-0.4, -0.2) is 31.3 Å². The van der Waals surface area contributed by atoms with Crippen LogP contribution in [0.4, 0.5) is 24.0 Å². The molecule has 0 amide bonds. The molecule has 4 nitrogen and oxygen atoms in total. The topological polar surface area (TPSA) is 37.4 Å². The minimum Gasteiger partial charge on any atom is -0.378 e. The normalized spacial score (nSPS) is 15.7. The predicted octanol–water partition coefficient (Wildman–Crippen LogP) is 3.61. The fourth-order valence-corrected chi connectivity index (χ4v) is 2.99. The van der Waals surface area contributed by atoms with Crippen LogP contribution in [0.3, 0.4) is 0 Å². The lowest BCUT2D eigenvalue weighted by Crippen LogP contribution is -2.36. The highest BCUT2D eigenvalue weighted by Gasteiger charge is 2.33. The number of ether oxygens (including phenoxy) is 1. The van der Waals surface area contributed by atoms with Crippen LogP contribution in [-0.2, 0) is 17.5 Å². The summed E-state index contributed by atoms with van der Waals surface area (Å²) >= 11 is 0.616. The fraction of sp³-hybridized carbons (Fsp3) is 0.400. The van der Waals surface area contributed by atoms with Crippen molar-refractivity contribution in [2.24, 2.45) is 0 Å². The van der Waals surface area contributed by atoms with Crippen molar-refractivity contribution in [3.8, 4) is 0 Å². The van der Waals surface area contributed by atoms with Gasteiger partial charge in [0, 0.05) is 25.3 Å². The van der Waals surface area contributed by atoms with Crippen molar-refractivity contribution in [3.63, 3.8) is 0 Å². The molecule has 23 heavy (non-hydrogen) atoms. The first-order valence-electron chi connectivity index (χ1n) is 7.21. The van der Waals surface area contributed by atoms with E-state index in [1.54, 1.807) is 0 Å². The number of nitrogens with zero attached hydrogens (tertiary/aromatic N) is 2. The van der Waals surface area contributed by atoms with E-state index in [1.165, 1.54) is 0 Å². The van der Waals surface area contributed by atoms with Gasteiger partial charge in [-0.15, -0.1) is 0 Å². The Bertz CT molecular complexity index is 636. The Labute approximate surface area is 135 Å². The lowest BCUT2D eigenvalue weighted by atomic mass is 10.2. The maximum absolute atomic E-state index is 12.5. The lowest BCUT2D eigenvalue weighted by Gasteiger charge is -2.28. The maximum Gasteiger partial charge on any atom is 0.427 e. The van der Waals surface area contributed by atoms with E-state index in [-0.39, 0.29) is 5.13 Å². The number of morpholine rings is 1. The van der Waals surface area contributed by atoms with E-state index in [1.807, 2.05) is 24.3 Å². The minimum atomic E-state index is -4.34. The predicted molar refractivity (Wildman–Crippen MR) is 83.9 cm³/mol. The standard InChI is InChI=1S/C15H16F3N3OS/c16-15(17,18)13-10-20-14(23-13)19-9-11-1-3-12(4-2-11)21-5-7-22-8-6-21/h1-4,10H,5-9H2,(H,19,20). The Kier molecular flexibility index (Phi) is 4.72. The van der Waals surface area contributed by atoms with Gasteiger partial charge >= 0.3 is 6.18 Å². The summed E-state index contributed by atoms with van der Waals surface area (Å²) in [5.41, 5.74) is 2.12. The SMILES string of the molecule is FC(F)(F)c1cnc(NCc2ccc(N3CCOCC3)cc2)s1. The molecule has 2 aromatic rings. The van der Waals surface area contributed by atoms with E-state index in [9.17, 15) is 13.2 Å². The quantitative estimate of drug-likeness (QED) is 0.920. The van der Waals surface area contributed by atoms with Crippen molar-refractivity contribution < 1.29 is 17.9 Å². The molecule has 1 aliphatic rings. The van der Waals surface area contributed by atoms with Crippen LogP contribution in [0.5, 0.6) is 0 Å². The van der Waals surface area contributed by atoms with Crippen molar-refractivity contribution >= 4 is 22.2 Å². The van der Waals surface area contributed by atoms with Gasteiger partial charge < -0.3 is 15.0 Å². The molecule has 0 saturated carbocycles. The second-order valence-corrected chi connectivity index (χ2v) is 6.18. The Morgan fingerprint density at radius 3 is 2.48 bits per heavy atom. The molecule has 0 radical (unpaired) electrons. The maximum atomic E-state index is 12.5. The molecule has 1 aromatic carbocycles. The third kappa shape index (κ3) is 4.14. The molecule has 124 valence electrons. The third-order valence-electron chi connectivity index (χ3n) is 3.54. The summed E-state index contributed by atoms with van der Waals surface area (Å²) in [4.78, 5) is 5.31. The molecule has 2 heterocycles. The third-order valence-corrected chi connectivity index (χ3v) is 4.54. The number of halogens is 3. The van der Waals surface area contributed by atoms with Crippen LogP contribution in [0.25, 0.3) is 0 Å². The van der Waals surface area contributed by atoms with Crippen LogP contribution in [0.15, 0.2) is 30.5 Å². The molecule has 0 atom stereocenters. The lowest BCUT2D eigenvalue weighted by molar-refractivity contribution is -0.134. The van der Waals surface area contributed by atoms with Crippen LogP contribution >= 0.6 is 11.3 Å². The molecular formula is C15H16F3N3OS. The Hall–Kier alpha value is -1.80. The number of anilines is 2. The summed E-state index contributed by atoms with van der Waals surface area (Å²) in [5, 5.41) is 3.20. The average Bonchev–Trinajstić information content (AvgIpc) is 3.04. The van der Waals surface area contributed by atoms with Gasteiger partial charge in [-0.3, -0.25) is 0 Å². The summed E-state index contributed by atoms with van der Waals surface area (Å²) < 4.78 is 42.9. The number of aromatic nitrogens is 1. The van der Waals surface area contributed by atoms with E-state index in [2.05, 4.69) is 15.2 Å². The number of benzene rings is 1. The molecule has 1 fully saturated rings. The van der Waals surface area contributed by atoms with Gasteiger partial charge in [0.15, 0.2) is 5.13 Å². The zero-order valence-corrected chi connectivity index (χ0v) is 13.1. The molecule has 0 spiro atoms. The first kappa shape index (κ1) is 16.1. The molecule has 1 aromatic heterocycles. The zero-order valence-electron chi connectivity index (χ0n) is 12.3. The van der Waals surface area contributed by atoms with Gasteiger partial charge in [-0.2, -0.15) is 13.2 Å². The monoisotopic (exact) mass is 343 g/mol. The van der Waals surface area contributed by atoms with Crippen LogP contribution in [0.1, 0.15) is 10.4 Å². The van der Waals surface area contributed by atoms with Crippen molar-refractivity contribution in [2.75, 3.05) is 36.5 Å². The van der Waals surface area contributed by atoms with Crippen molar-refractivity contribution in [1.82, 2.24) is 4.98 Å². The average molecular weight is 343 g/mol. The van der Waals surface area contributed by atoms with Crippen molar-refractivity contribution in [2.45, 2.75) is 12.7 Å².